The number of ether oxygens (including phenoxy) is 3. The van der Waals surface area contributed by atoms with Crippen LogP contribution in [0.4, 0.5) is 14.9 Å². The quantitative estimate of drug-likeness (QED) is 0.183. The Morgan fingerprint density at radius 2 is 2.03 bits per heavy atom. The van der Waals surface area contributed by atoms with Crippen molar-refractivity contribution in [1.29, 1.82) is 0 Å². The summed E-state index contributed by atoms with van der Waals surface area (Å²) in [4.78, 5) is 25.7. The number of carbonyl (C=O) groups excluding carboxylic acids is 1. The molecule has 3 heterocycles. The third kappa shape index (κ3) is 6.72. The van der Waals surface area contributed by atoms with Gasteiger partial charge in [0.1, 0.15) is 11.6 Å². The molecule has 9 nitrogen and oxygen atoms in total. The lowest BCUT2D eigenvalue weighted by Crippen LogP contribution is -2.40. The molecule has 1 aliphatic heterocycles. The first kappa shape index (κ1) is 28.1. The molecule has 2 N–H and O–H groups in total. The summed E-state index contributed by atoms with van der Waals surface area (Å²) in [6.45, 7) is 13.3. The van der Waals surface area contributed by atoms with Crippen molar-refractivity contribution in [3.8, 4) is 21.8 Å². The monoisotopic (exact) mass is 561 g/mol. The summed E-state index contributed by atoms with van der Waals surface area (Å²) in [6, 6.07) is 6.32. The second kappa shape index (κ2) is 11.0. The van der Waals surface area contributed by atoms with Gasteiger partial charge in [-0.05, 0) is 64.4 Å². The molecule has 2 aromatic heterocycles. The van der Waals surface area contributed by atoms with Crippen molar-refractivity contribution in [2.45, 2.75) is 58.3 Å². The van der Waals surface area contributed by atoms with Gasteiger partial charge in [-0.15, -0.1) is 11.3 Å². The van der Waals surface area contributed by atoms with Gasteiger partial charge in [0, 0.05) is 11.8 Å². The lowest BCUT2D eigenvalue weighted by Gasteiger charge is -2.23. The van der Waals surface area contributed by atoms with Crippen molar-refractivity contribution in [2.75, 3.05) is 11.9 Å². The minimum absolute atomic E-state index is 0.00432. The van der Waals surface area contributed by atoms with E-state index in [-0.39, 0.29) is 41.3 Å². The molecule has 1 saturated heterocycles. The maximum Gasteiger partial charge on any atom is 0.412 e. The van der Waals surface area contributed by atoms with Gasteiger partial charge in [-0.1, -0.05) is 18.7 Å². The molecule has 1 aliphatic rings. The Morgan fingerprint density at radius 3 is 2.71 bits per heavy atom. The highest BCUT2D eigenvalue weighted by atomic mass is 35.5. The fourth-order valence-electron chi connectivity index (χ4n) is 3.55. The summed E-state index contributed by atoms with van der Waals surface area (Å²) in [5.41, 5.74) is -0.0763. The Hall–Kier alpha value is -2.96. The summed E-state index contributed by atoms with van der Waals surface area (Å²) in [6.07, 6.45) is 1.44. The molecular formula is C26H29ClFN5O4S. The Balaban J connectivity index is 1.70. The maximum absolute atomic E-state index is 15.7. The van der Waals surface area contributed by atoms with Crippen LogP contribution in [0.25, 0.3) is 21.8 Å². The maximum atomic E-state index is 15.7. The van der Waals surface area contributed by atoms with Gasteiger partial charge in [-0.3, -0.25) is 10.6 Å². The van der Waals surface area contributed by atoms with E-state index in [2.05, 4.69) is 27.2 Å². The number of halogens is 2. The van der Waals surface area contributed by atoms with Crippen molar-refractivity contribution in [3.63, 3.8) is 0 Å². The van der Waals surface area contributed by atoms with Gasteiger partial charge in [-0.25, -0.2) is 24.1 Å². The SMILES string of the molecule is C=CCOC(=O)Nc1cccc(-c2nc(C(C)(C)NC3OC3OC(C)(C)C)sc2-c2ccnc(Cl)n2)c1F. The Labute approximate surface area is 229 Å². The topological polar surface area (TPSA) is 111 Å². The zero-order valence-electron chi connectivity index (χ0n) is 21.7. The molecule has 4 rings (SSSR count). The van der Waals surface area contributed by atoms with Crippen LogP contribution in [0.2, 0.25) is 5.28 Å². The molecular weight excluding hydrogens is 533 g/mol. The van der Waals surface area contributed by atoms with E-state index in [0.717, 1.165) is 0 Å². The predicted octanol–water partition coefficient (Wildman–Crippen LogP) is 6.12. The molecule has 3 aromatic rings. The van der Waals surface area contributed by atoms with Crippen LogP contribution in [0, 0.1) is 5.82 Å². The highest BCUT2D eigenvalue weighted by Crippen LogP contribution is 2.42. The highest BCUT2D eigenvalue weighted by molar-refractivity contribution is 7.15. The zero-order valence-corrected chi connectivity index (χ0v) is 23.2. The van der Waals surface area contributed by atoms with Crippen LogP contribution in [-0.2, 0) is 19.7 Å². The molecule has 0 radical (unpaired) electrons. The number of nitrogens with one attached hydrogen (secondary N) is 2. The molecule has 2 unspecified atom stereocenters. The third-order valence-corrected chi connectivity index (χ3v) is 6.85. The van der Waals surface area contributed by atoms with Crippen molar-refractivity contribution in [1.82, 2.24) is 20.3 Å². The van der Waals surface area contributed by atoms with Crippen molar-refractivity contribution in [3.05, 3.63) is 59.2 Å². The number of aromatic nitrogens is 3. The van der Waals surface area contributed by atoms with Crippen molar-refractivity contribution < 1.29 is 23.4 Å². The highest BCUT2D eigenvalue weighted by Gasteiger charge is 2.46. The van der Waals surface area contributed by atoms with E-state index >= 15 is 4.39 Å². The standard InChI is InChI=1S/C26H29ClFN5O4S/c1-7-13-35-24(34)31-15-10-8-9-14(17(15)28)18-19(16-11-12-29-23(27)30-16)38-22(32-18)26(5,6)33-20-21(36-20)37-25(2,3)4/h7-12,20-21,33H,1,13H2,2-6H3,(H,31,34). The molecule has 2 atom stereocenters. The van der Waals surface area contributed by atoms with Gasteiger partial charge < -0.3 is 14.2 Å². The van der Waals surface area contributed by atoms with Gasteiger partial charge in [0.05, 0.1) is 33.1 Å². The van der Waals surface area contributed by atoms with E-state index in [1.54, 1.807) is 18.2 Å². The third-order valence-electron chi connectivity index (χ3n) is 5.27. The molecule has 1 aromatic carbocycles. The molecule has 1 amide bonds. The summed E-state index contributed by atoms with van der Waals surface area (Å²) < 4.78 is 32.2. The van der Waals surface area contributed by atoms with E-state index in [1.807, 2.05) is 34.6 Å². The number of hydrogen-bond donors (Lipinski definition) is 2. The first-order valence-corrected chi connectivity index (χ1v) is 13.0. The van der Waals surface area contributed by atoms with E-state index in [1.165, 1.54) is 29.7 Å². The van der Waals surface area contributed by atoms with Crippen LogP contribution in [0.1, 0.15) is 39.6 Å². The molecule has 0 aliphatic carbocycles. The Morgan fingerprint density at radius 1 is 1.26 bits per heavy atom. The smallest absolute Gasteiger partial charge is 0.412 e. The lowest BCUT2D eigenvalue weighted by molar-refractivity contribution is -0.0572. The molecule has 38 heavy (non-hydrogen) atoms. The van der Waals surface area contributed by atoms with Gasteiger partial charge in [0.2, 0.25) is 5.28 Å². The van der Waals surface area contributed by atoms with E-state index < -0.39 is 17.4 Å². The minimum atomic E-state index is -0.801. The van der Waals surface area contributed by atoms with Crippen LogP contribution < -0.4 is 10.6 Å². The second-order valence-electron chi connectivity index (χ2n) is 10.0. The second-order valence-corrected chi connectivity index (χ2v) is 11.3. The van der Waals surface area contributed by atoms with Gasteiger partial charge in [0.25, 0.3) is 0 Å². The number of anilines is 1. The first-order valence-electron chi connectivity index (χ1n) is 11.8. The van der Waals surface area contributed by atoms with Gasteiger partial charge in [-0.2, -0.15) is 0 Å². The molecule has 12 heteroatoms. The average Bonchev–Trinajstić information content (AvgIpc) is 3.35. The summed E-state index contributed by atoms with van der Waals surface area (Å²) in [5.74, 6) is -0.670. The Bertz CT molecular complexity index is 1340. The Kier molecular flexibility index (Phi) is 8.15. The number of epoxide rings is 1. The summed E-state index contributed by atoms with van der Waals surface area (Å²) >= 11 is 7.41. The first-order chi connectivity index (χ1) is 17.9. The fourth-order valence-corrected chi connectivity index (χ4v) is 4.82. The van der Waals surface area contributed by atoms with Gasteiger partial charge >= 0.3 is 6.09 Å². The minimum Gasteiger partial charge on any atom is -0.445 e. The number of rotatable bonds is 9. The van der Waals surface area contributed by atoms with Gasteiger partial charge in [0.15, 0.2) is 18.3 Å². The van der Waals surface area contributed by atoms with Crippen LogP contribution in [0.15, 0.2) is 43.1 Å². The van der Waals surface area contributed by atoms with Crippen molar-refractivity contribution in [2.24, 2.45) is 0 Å². The predicted molar refractivity (Wildman–Crippen MR) is 144 cm³/mol. The average molecular weight is 562 g/mol. The number of thiazole rings is 1. The van der Waals surface area contributed by atoms with Crippen molar-refractivity contribution >= 4 is 34.7 Å². The van der Waals surface area contributed by atoms with Crippen LogP contribution >= 0.6 is 22.9 Å². The number of carbonyl (C=O) groups is 1. The van der Waals surface area contributed by atoms with E-state index in [9.17, 15) is 4.79 Å². The normalized spacial score (nSPS) is 17.2. The lowest BCUT2D eigenvalue weighted by atomic mass is 10.1. The molecule has 1 fully saturated rings. The van der Waals surface area contributed by atoms with Crippen LogP contribution in [0.5, 0.6) is 0 Å². The molecule has 202 valence electrons. The van der Waals surface area contributed by atoms with E-state index in [4.69, 9.17) is 30.8 Å². The van der Waals surface area contributed by atoms with Crippen LogP contribution in [0.3, 0.4) is 0 Å². The zero-order chi connectivity index (χ0) is 27.7. The van der Waals surface area contributed by atoms with E-state index in [0.29, 0.717) is 21.3 Å². The summed E-state index contributed by atoms with van der Waals surface area (Å²) in [7, 11) is 0. The molecule has 0 spiro atoms. The number of nitrogens with zero attached hydrogens (tertiary/aromatic N) is 3. The number of benzene rings is 1. The fraction of sp³-hybridized carbons (Fsp3) is 0.385. The molecule has 0 saturated carbocycles. The molecule has 0 bridgehead atoms. The number of hydrogen-bond acceptors (Lipinski definition) is 9. The van der Waals surface area contributed by atoms with Crippen LogP contribution in [-0.4, -0.2) is 45.8 Å². The largest absolute Gasteiger partial charge is 0.445 e. The number of amides is 1. The summed E-state index contributed by atoms with van der Waals surface area (Å²) in [5, 5.41) is 6.54.